The van der Waals surface area contributed by atoms with Crippen LogP contribution in [-0.4, -0.2) is 28.9 Å². The van der Waals surface area contributed by atoms with E-state index in [0.29, 0.717) is 12.4 Å². The standard InChI is InChI=1S/C6H15NO2S/c1-6(2)9-4-5-10(3,7)8/h6-7H,4-5H2,1-3H3. The molecule has 1 unspecified atom stereocenters. The van der Waals surface area contributed by atoms with Crippen LogP contribution in [0.5, 0.6) is 0 Å². The van der Waals surface area contributed by atoms with E-state index in [1.807, 2.05) is 13.8 Å². The van der Waals surface area contributed by atoms with Gasteiger partial charge in [0.25, 0.3) is 0 Å². The predicted molar refractivity (Wildman–Crippen MR) is 42.7 cm³/mol. The van der Waals surface area contributed by atoms with Crippen molar-refractivity contribution in [1.29, 1.82) is 4.78 Å². The molecule has 0 fully saturated rings. The summed E-state index contributed by atoms with van der Waals surface area (Å²) in [7, 11) is -2.34. The fourth-order valence-electron chi connectivity index (χ4n) is 0.443. The Balaban J connectivity index is 3.39. The molecule has 0 aromatic carbocycles. The van der Waals surface area contributed by atoms with E-state index in [4.69, 9.17) is 9.52 Å². The van der Waals surface area contributed by atoms with Crippen molar-refractivity contribution >= 4 is 9.73 Å². The van der Waals surface area contributed by atoms with Crippen LogP contribution in [0.3, 0.4) is 0 Å². The molecule has 0 aromatic rings. The second-order valence-corrected chi connectivity index (χ2v) is 5.05. The van der Waals surface area contributed by atoms with Gasteiger partial charge in [-0.25, -0.2) is 0 Å². The molecule has 4 heteroatoms. The van der Waals surface area contributed by atoms with Gasteiger partial charge in [0.15, 0.2) is 0 Å². The molecule has 3 nitrogen and oxygen atoms in total. The van der Waals surface area contributed by atoms with Crippen LogP contribution >= 0.6 is 0 Å². The molecule has 0 bridgehead atoms. The molecule has 0 saturated heterocycles. The maximum Gasteiger partial charge on any atom is 0.0593 e. The molecule has 10 heavy (non-hydrogen) atoms. The van der Waals surface area contributed by atoms with Crippen molar-refractivity contribution in [2.75, 3.05) is 18.6 Å². The van der Waals surface area contributed by atoms with E-state index in [2.05, 4.69) is 0 Å². The Kier molecular flexibility index (Phi) is 3.89. The summed E-state index contributed by atoms with van der Waals surface area (Å²) in [6.07, 6.45) is 1.60. The Morgan fingerprint density at radius 3 is 2.40 bits per heavy atom. The summed E-state index contributed by atoms with van der Waals surface area (Å²) in [6.45, 7) is 4.26. The van der Waals surface area contributed by atoms with Gasteiger partial charge in [0.2, 0.25) is 0 Å². The lowest BCUT2D eigenvalue weighted by Gasteiger charge is -2.06. The fraction of sp³-hybridized carbons (Fsp3) is 1.00. The topological polar surface area (TPSA) is 50.1 Å². The molecule has 62 valence electrons. The van der Waals surface area contributed by atoms with Crippen LogP contribution in [0.15, 0.2) is 0 Å². The minimum absolute atomic E-state index is 0.168. The molecule has 0 aliphatic rings. The second kappa shape index (κ2) is 3.93. The average molecular weight is 165 g/mol. The summed E-state index contributed by atoms with van der Waals surface area (Å²) < 4.78 is 22.9. The molecule has 0 amide bonds. The number of rotatable bonds is 4. The van der Waals surface area contributed by atoms with Crippen molar-refractivity contribution in [3.8, 4) is 0 Å². The minimum atomic E-state index is -2.34. The molecule has 0 aromatic heterocycles. The maximum absolute atomic E-state index is 10.8. The first-order chi connectivity index (χ1) is 4.42. The summed E-state index contributed by atoms with van der Waals surface area (Å²) in [4.78, 5) is 0. The summed E-state index contributed by atoms with van der Waals surface area (Å²) in [5, 5.41) is 0. The smallest absolute Gasteiger partial charge is 0.0593 e. The molecule has 1 N–H and O–H groups in total. The molecule has 0 rings (SSSR count). The van der Waals surface area contributed by atoms with E-state index in [9.17, 15) is 4.21 Å². The maximum atomic E-state index is 10.8. The Labute approximate surface area is 62.7 Å². The van der Waals surface area contributed by atoms with Crippen molar-refractivity contribution in [1.82, 2.24) is 0 Å². The minimum Gasteiger partial charge on any atom is -0.378 e. The third kappa shape index (κ3) is 7.91. The molecule has 0 saturated carbocycles. The van der Waals surface area contributed by atoms with Gasteiger partial charge in [-0.3, -0.25) is 8.99 Å². The molecule has 1 atom stereocenters. The van der Waals surface area contributed by atoms with Crippen molar-refractivity contribution in [3.05, 3.63) is 0 Å². The lowest BCUT2D eigenvalue weighted by atomic mass is 10.5. The zero-order valence-corrected chi connectivity index (χ0v) is 7.53. The van der Waals surface area contributed by atoms with Gasteiger partial charge in [0.1, 0.15) is 0 Å². The second-order valence-electron chi connectivity index (χ2n) is 2.63. The largest absolute Gasteiger partial charge is 0.378 e. The molecule has 0 radical (unpaired) electrons. The number of nitrogens with one attached hydrogen (secondary N) is 1. The third-order valence-corrected chi connectivity index (χ3v) is 1.87. The van der Waals surface area contributed by atoms with Crippen LogP contribution in [-0.2, 0) is 14.5 Å². The molecule has 0 spiro atoms. The summed E-state index contributed by atoms with van der Waals surface area (Å²) in [5.74, 6) is 0.338. The highest BCUT2D eigenvalue weighted by Gasteiger charge is 1.98. The zero-order chi connectivity index (χ0) is 8.20. The van der Waals surface area contributed by atoms with Crippen LogP contribution in [0.4, 0.5) is 0 Å². The average Bonchev–Trinajstić information content (AvgIpc) is 1.59. The molecule has 0 aliphatic heterocycles. The van der Waals surface area contributed by atoms with Crippen molar-refractivity contribution < 1.29 is 8.95 Å². The van der Waals surface area contributed by atoms with Gasteiger partial charge < -0.3 is 4.74 Å². The first-order valence-corrected chi connectivity index (χ1v) is 5.38. The van der Waals surface area contributed by atoms with E-state index in [1.165, 1.54) is 6.26 Å². The highest BCUT2D eigenvalue weighted by Crippen LogP contribution is 1.90. The van der Waals surface area contributed by atoms with Crippen LogP contribution in [0, 0.1) is 4.78 Å². The number of ether oxygens (including phenoxy) is 1. The van der Waals surface area contributed by atoms with Crippen LogP contribution < -0.4 is 0 Å². The van der Waals surface area contributed by atoms with Crippen molar-refractivity contribution in [3.63, 3.8) is 0 Å². The van der Waals surface area contributed by atoms with Crippen LogP contribution in [0.2, 0.25) is 0 Å². The van der Waals surface area contributed by atoms with Gasteiger partial charge in [-0.05, 0) is 13.8 Å². The Bertz CT molecular complexity index is 172. The molecule has 0 heterocycles. The lowest BCUT2D eigenvalue weighted by Crippen LogP contribution is -2.12. The van der Waals surface area contributed by atoms with Gasteiger partial charge in [0, 0.05) is 16.0 Å². The van der Waals surface area contributed by atoms with Gasteiger partial charge in [-0.2, -0.15) is 0 Å². The summed E-state index contributed by atoms with van der Waals surface area (Å²) >= 11 is 0. The normalized spacial score (nSPS) is 17.2. The monoisotopic (exact) mass is 165 g/mol. The molecular formula is C6H15NO2S. The predicted octanol–water partition coefficient (Wildman–Crippen LogP) is 1.09. The van der Waals surface area contributed by atoms with E-state index < -0.39 is 9.73 Å². The first kappa shape index (κ1) is 9.91. The zero-order valence-electron chi connectivity index (χ0n) is 6.72. The lowest BCUT2D eigenvalue weighted by molar-refractivity contribution is 0.0915. The van der Waals surface area contributed by atoms with E-state index in [1.54, 1.807) is 0 Å². The number of hydrogen-bond acceptors (Lipinski definition) is 3. The highest BCUT2D eigenvalue weighted by atomic mass is 32.2. The van der Waals surface area contributed by atoms with Crippen LogP contribution in [0.1, 0.15) is 13.8 Å². The van der Waals surface area contributed by atoms with E-state index in [0.717, 1.165) is 0 Å². The van der Waals surface area contributed by atoms with Gasteiger partial charge in [0.05, 0.1) is 18.5 Å². The summed E-state index contributed by atoms with van der Waals surface area (Å²) in [5.41, 5.74) is 0. The van der Waals surface area contributed by atoms with Gasteiger partial charge >= 0.3 is 0 Å². The van der Waals surface area contributed by atoms with Crippen LogP contribution in [0.25, 0.3) is 0 Å². The fourth-order valence-corrected chi connectivity index (χ4v) is 0.857. The first-order valence-electron chi connectivity index (χ1n) is 3.25. The van der Waals surface area contributed by atoms with Gasteiger partial charge in [-0.15, -0.1) is 0 Å². The van der Waals surface area contributed by atoms with E-state index >= 15 is 0 Å². The Morgan fingerprint density at radius 2 is 2.10 bits per heavy atom. The third-order valence-electron chi connectivity index (χ3n) is 0.924. The Morgan fingerprint density at radius 1 is 1.60 bits per heavy atom. The Hall–Kier alpha value is -0.0900. The van der Waals surface area contributed by atoms with Crippen molar-refractivity contribution in [2.24, 2.45) is 0 Å². The molecular weight excluding hydrogens is 150 g/mol. The quantitative estimate of drug-likeness (QED) is 0.678. The SMILES string of the molecule is CC(C)OCCS(C)(=N)=O. The van der Waals surface area contributed by atoms with E-state index in [-0.39, 0.29) is 6.10 Å². The van der Waals surface area contributed by atoms with Gasteiger partial charge in [-0.1, -0.05) is 0 Å². The molecule has 0 aliphatic carbocycles. The number of hydrogen-bond donors (Lipinski definition) is 1. The van der Waals surface area contributed by atoms with Crippen molar-refractivity contribution in [2.45, 2.75) is 20.0 Å². The summed E-state index contributed by atoms with van der Waals surface area (Å²) in [6, 6.07) is 0. The highest BCUT2D eigenvalue weighted by molar-refractivity contribution is 7.91.